The molecule has 1 aliphatic carbocycles. The summed E-state index contributed by atoms with van der Waals surface area (Å²) in [5.41, 5.74) is 6.33. The van der Waals surface area contributed by atoms with Crippen LogP contribution in [0.1, 0.15) is 30.9 Å². The number of benzene rings is 1. The minimum atomic E-state index is -0.662. The molecule has 1 saturated heterocycles. The van der Waals surface area contributed by atoms with Crippen LogP contribution in [-0.2, 0) is 9.53 Å². The zero-order chi connectivity index (χ0) is 14.2. The van der Waals surface area contributed by atoms with E-state index in [0.29, 0.717) is 19.7 Å². The average molecular weight is 315 g/mol. The monoisotopic (exact) mass is 314 g/mol. The molecule has 116 valence electrons. The van der Waals surface area contributed by atoms with Crippen LogP contribution in [0.4, 0.5) is 4.39 Å². The fourth-order valence-corrected chi connectivity index (χ4v) is 2.80. The number of ether oxygens (including phenoxy) is 1. The number of nitrogens with two attached hydrogens (primary N) is 1. The summed E-state index contributed by atoms with van der Waals surface area (Å²) in [5, 5.41) is 0. The van der Waals surface area contributed by atoms with E-state index >= 15 is 0 Å². The van der Waals surface area contributed by atoms with Crippen molar-refractivity contribution in [1.29, 1.82) is 0 Å². The fraction of sp³-hybridized carbons (Fsp3) is 0.533. The lowest BCUT2D eigenvalue weighted by atomic mass is 9.76. The summed E-state index contributed by atoms with van der Waals surface area (Å²) in [6, 6.07) is 6.23. The molecule has 6 heteroatoms. The Morgan fingerprint density at radius 2 is 2.00 bits per heavy atom. The minimum absolute atomic E-state index is 0. The Morgan fingerprint density at radius 3 is 2.57 bits per heavy atom. The van der Waals surface area contributed by atoms with Gasteiger partial charge in [0.2, 0.25) is 5.91 Å². The van der Waals surface area contributed by atoms with Gasteiger partial charge in [-0.05, 0) is 37.0 Å². The van der Waals surface area contributed by atoms with E-state index in [9.17, 15) is 9.18 Å². The second-order valence-corrected chi connectivity index (χ2v) is 5.67. The molecule has 0 radical (unpaired) electrons. The van der Waals surface area contributed by atoms with Crippen LogP contribution < -0.4 is 5.73 Å². The van der Waals surface area contributed by atoms with E-state index in [1.807, 2.05) is 0 Å². The van der Waals surface area contributed by atoms with E-state index < -0.39 is 5.54 Å². The molecule has 2 aliphatic rings. The van der Waals surface area contributed by atoms with E-state index in [1.165, 1.54) is 12.1 Å². The molecule has 0 spiro atoms. The SMILES string of the molecule is Cl.NC1(C(=O)N2CCOC(c3ccc(F)cc3)C2)CCC1. The molecule has 0 aromatic heterocycles. The second-order valence-electron chi connectivity index (χ2n) is 5.67. The van der Waals surface area contributed by atoms with E-state index in [0.717, 1.165) is 24.8 Å². The molecule has 4 nitrogen and oxygen atoms in total. The van der Waals surface area contributed by atoms with Gasteiger partial charge in [0.1, 0.15) is 11.9 Å². The highest BCUT2D eigenvalue weighted by atomic mass is 35.5. The molecule has 2 N–H and O–H groups in total. The van der Waals surface area contributed by atoms with Gasteiger partial charge in [0.05, 0.1) is 18.7 Å². The van der Waals surface area contributed by atoms with Crippen LogP contribution in [0.3, 0.4) is 0 Å². The lowest BCUT2D eigenvalue weighted by Crippen LogP contribution is -2.61. The number of nitrogens with zero attached hydrogens (tertiary/aromatic N) is 1. The molecule has 1 heterocycles. The lowest BCUT2D eigenvalue weighted by Gasteiger charge is -2.43. The summed E-state index contributed by atoms with van der Waals surface area (Å²) >= 11 is 0. The summed E-state index contributed by atoms with van der Waals surface area (Å²) in [7, 11) is 0. The number of halogens is 2. The van der Waals surface area contributed by atoms with Gasteiger partial charge in [0.15, 0.2) is 0 Å². The third-order valence-electron chi connectivity index (χ3n) is 4.27. The van der Waals surface area contributed by atoms with Crippen molar-refractivity contribution in [3.05, 3.63) is 35.6 Å². The van der Waals surface area contributed by atoms with Gasteiger partial charge in [0, 0.05) is 6.54 Å². The molecule has 0 bridgehead atoms. The Morgan fingerprint density at radius 1 is 1.33 bits per heavy atom. The topological polar surface area (TPSA) is 55.6 Å². The molecular weight excluding hydrogens is 295 g/mol. The van der Waals surface area contributed by atoms with Crippen LogP contribution in [0.5, 0.6) is 0 Å². The van der Waals surface area contributed by atoms with Gasteiger partial charge >= 0.3 is 0 Å². The normalized spacial score (nSPS) is 23.9. The molecule has 3 rings (SSSR count). The maximum Gasteiger partial charge on any atom is 0.242 e. The van der Waals surface area contributed by atoms with Crippen molar-refractivity contribution in [2.24, 2.45) is 5.73 Å². The third kappa shape index (κ3) is 3.20. The van der Waals surface area contributed by atoms with Crippen molar-refractivity contribution in [2.45, 2.75) is 30.9 Å². The lowest BCUT2D eigenvalue weighted by molar-refractivity contribution is -0.148. The summed E-state index contributed by atoms with van der Waals surface area (Å²) in [4.78, 5) is 14.2. The summed E-state index contributed by atoms with van der Waals surface area (Å²) in [6.45, 7) is 1.56. The smallest absolute Gasteiger partial charge is 0.242 e. The van der Waals surface area contributed by atoms with Gasteiger partial charge in [-0.3, -0.25) is 4.79 Å². The van der Waals surface area contributed by atoms with Crippen LogP contribution in [0.25, 0.3) is 0 Å². The highest BCUT2D eigenvalue weighted by Crippen LogP contribution is 2.32. The number of morpholine rings is 1. The van der Waals surface area contributed by atoms with E-state index in [-0.39, 0.29) is 30.2 Å². The van der Waals surface area contributed by atoms with Gasteiger partial charge in [-0.1, -0.05) is 12.1 Å². The molecule has 1 aliphatic heterocycles. The highest BCUT2D eigenvalue weighted by Gasteiger charge is 2.43. The molecule has 2 fully saturated rings. The number of hydrogen-bond donors (Lipinski definition) is 1. The van der Waals surface area contributed by atoms with Crippen LogP contribution in [-0.4, -0.2) is 36.0 Å². The van der Waals surface area contributed by atoms with Crippen molar-refractivity contribution in [3.63, 3.8) is 0 Å². The Kier molecular flexibility index (Phi) is 4.86. The van der Waals surface area contributed by atoms with Gasteiger partial charge in [-0.2, -0.15) is 0 Å². The molecular formula is C15H20ClFN2O2. The molecule has 21 heavy (non-hydrogen) atoms. The molecule has 1 saturated carbocycles. The molecule has 1 atom stereocenters. The zero-order valence-electron chi connectivity index (χ0n) is 11.8. The van der Waals surface area contributed by atoms with Gasteiger partial charge in [-0.25, -0.2) is 4.39 Å². The van der Waals surface area contributed by atoms with Gasteiger partial charge in [0.25, 0.3) is 0 Å². The van der Waals surface area contributed by atoms with Crippen molar-refractivity contribution in [2.75, 3.05) is 19.7 Å². The van der Waals surface area contributed by atoms with Crippen molar-refractivity contribution in [1.82, 2.24) is 4.90 Å². The maximum absolute atomic E-state index is 12.9. The first-order chi connectivity index (χ1) is 9.58. The molecule has 1 aromatic carbocycles. The highest BCUT2D eigenvalue weighted by molar-refractivity contribution is 5.87. The first-order valence-electron chi connectivity index (χ1n) is 7.04. The standard InChI is InChI=1S/C15H19FN2O2.ClH/c16-12-4-2-11(3-5-12)13-10-18(8-9-20-13)14(19)15(17)6-1-7-15;/h2-5,13H,1,6-10,17H2;1H. The van der Waals surface area contributed by atoms with Gasteiger partial charge in [-0.15, -0.1) is 12.4 Å². The van der Waals surface area contributed by atoms with Crippen LogP contribution in [0.15, 0.2) is 24.3 Å². The number of carbonyl (C=O) groups excluding carboxylic acids is 1. The number of rotatable bonds is 2. The van der Waals surface area contributed by atoms with E-state index in [2.05, 4.69) is 0 Å². The van der Waals surface area contributed by atoms with Gasteiger partial charge < -0.3 is 15.4 Å². The predicted molar refractivity (Wildman–Crippen MR) is 79.7 cm³/mol. The molecule has 1 amide bonds. The Labute approximate surface area is 129 Å². The average Bonchev–Trinajstić information content (AvgIpc) is 2.45. The fourth-order valence-electron chi connectivity index (χ4n) is 2.80. The third-order valence-corrected chi connectivity index (χ3v) is 4.27. The largest absolute Gasteiger partial charge is 0.370 e. The van der Waals surface area contributed by atoms with Crippen LogP contribution in [0, 0.1) is 5.82 Å². The first kappa shape index (κ1) is 16.2. The van der Waals surface area contributed by atoms with Crippen molar-refractivity contribution >= 4 is 18.3 Å². The predicted octanol–water partition coefficient (Wildman–Crippen LogP) is 2.03. The maximum atomic E-state index is 12.9. The molecule has 1 aromatic rings. The Bertz CT molecular complexity index is 505. The Balaban J connectivity index is 0.00000161. The summed E-state index contributed by atoms with van der Waals surface area (Å²) in [5.74, 6) is -0.243. The van der Waals surface area contributed by atoms with Crippen molar-refractivity contribution < 1.29 is 13.9 Å². The quantitative estimate of drug-likeness (QED) is 0.908. The van der Waals surface area contributed by atoms with E-state index in [1.54, 1.807) is 17.0 Å². The zero-order valence-corrected chi connectivity index (χ0v) is 12.6. The van der Waals surface area contributed by atoms with E-state index in [4.69, 9.17) is 10.5 Å². The second kappa shape index (κ2) is 6.30. The molecule has 1 unspecified atom stereocenters. The van der Waals surface area contributed by atoms with Crippen molar-refractivity contribution in [3.8, 4) is 0 Å². The Hall–Kier alpha value is -1.17. The van der Waals surface area contributed by atoms with Crippen LogP contribution in [0.2, 0.25) is 0 Å². The number of hydrogen-bond acceptors (Lipinski definition) is 3. The first-order valence-corrected chi connectivity index (χ1v) is 7.04. The van der Waals surface area contributed by atoms with Crippen LogP contribution >= 0.6 is 12.4 Å². The summed E-state index contributed by atoms with van der Waals surface area (Å²) in [6.07, 6.45) is 2.36. The number of carbonyl (C=O) groups is 1. The number of amides is 1. The minimum Gasteiger partial charge on any atom is -0.370 e. The summed E-state index contributed by atoms with van der Waals surface area (Å²) < 4.78 is 18.6.